The second-order valence-corrected chi connectivity index (χ2v) is 9.20. The van der Waals surface area contributed by atoms with Crippen LogP contribution in [0.2, 0.25) is 0 Å². The number of carbonyl (C=O) groups is 1. The van der Waals surface area contributed by atoms with E-state index in [0.717, 1.165) is 27.9 Å². The average Bonchev–Trinajstić information content (AvgIpc) is 3.10. The molecule has 0 radical (unpaired) electrons. The lowest BCUT2D eigenvalue weighted by Crippen LogP contribution is -2.16. The van der Waals surface area contributed by atoms with Crippen LogP contribution in [0.25, 0.3) is 4.96 Å². The maximum Gasteiger partial charge on any atom is 0.213 e. The SMILES string of the molecule is CCCCC1CCC(c2nn3c(C=O)c(C(C)(C)C)nc3s2)CC1. The van der Waals surface area contributed by atoms with Gasteiger partial charge in [-0.25, -0.2) is 4.98 Å². The summed E-state index contributed by atoms with van der Waals surface area (Å²) in [6.07, 6.45) is 10.1. The Kier molecular flexibility index (Phi) is 5.09. The molecular formula is C19H29N3OS. The van der Waals surface area contributed by atoms with E-state index in [1.165, 1.54) is 44.9 Å². The summed E-state index contributed by atoms with van der Waals surface area (Å²) in [5.41, 5.74) is 1.34. The molecule has 132 valence electrons. The predicted octanol–water partition coefficient (Wildman–Crippen LogP) is 5.36. The second-order valence-electron chi connectivity index (χ2n) is 8.21. The van der Waals surface area contributed by atoms with Crippen LogP contribution in [-0.2, 0) is 5.41 Å². The first kappa shape index (κ1) is 17.6. The van der Waals surface area contributed by atoms with Crippen molar-refractivity contribution in [3.63, 3.8) is 0 Å². The number of hydrogen-bond acceptors (Lipinski definition) is 4. The van der Waals surface area contributed by atoms with E-state index in [1.807, 2.05) is 0 Å². The van der Waals surface area contributed by atoms with Crippen molar-refractivity contribution in [1.29, 1.82) is 0 Å². The molecule has 24 heavy (non-hydrogen) atoms. The van der Waals surface area contributed by atoms with Crippen LogP contribution in [-0.4, -0.2) is 20.9 Å². The largest absolute Gasteiger partial charge is 0.296 e. The summed E-state index contributed by atoms with van der Waals surface area (Å²) in [5.74, 6) is 1.45. The summed E-state index contributed by atoms with van der Waals surface area (Å²) < 4.78 is 1.77. The molecule has 0 bridgehead atoms. The number of carbonyl (C=O) groups excluding carboxylic acids is 1. The van der Waals surface area contributed by atoms with Crippen LogP contribution in [0.1, 0.15) is 99.7 Å². The van der Waals surface area contributed by atoms with E-state index in [-0.39, 0.29) is 5.41 Å². The van der Waals surface area contributed by atoms with Gasteiger partial charge in [-0.2, -0.15) is 9.61 Å². The molecule has 0 aliphatic heterocycles. The van der Waals surface area contributed by atoms with Crippen molar-refractivity contribution < 1.29 is 4.79 Å². The average molecular weight is 348 g/mol. The van der Waals surface area contributed by atoms with Gasteiger partial charge in [-0.3, -0.25) is 4.79 Å². The lowest BCUT2D eigenvalue weighted by Gasteiger charge is -2.27. The highest BCUT2D eigenvalue weighted by molar-refractivity contribution is 7.16. The number of nitrogens with zero attached hydrogens (tertiary/aromatic N) is 3. The molecule has 4 nitrogen and oxygen atoms in total. The van der Waals surface area contributed by atoms with E-state index < -0.39 is 0 Å². The lowest BCUT2D eigenvalue weighted by molar-refractivity contribution is 0.111. The van der Waals surface area contributed by atoms with Gasteiger partial charge in [0.1, 0.15) is 10.7 Å². The van der Waals surface area contributed by atoms with Crippen LogP contribution in [0.5, 0.6) is 0 Å². The van der Waals surface area contributed by atoms with E-state index >= 15 is 0 Å². The molecule has 0 N–H and O–H groups in total. The number of fused-ring (bicyclic) bond motifs is 1. The van der Waals surface area contributed by atoms with Crippen LogP contribution < -0.4 is 0 Å². The monoisotopic (exact) mass is 347 g/mol. The van der Waals surface area contributed by atoms with Crippen LogP contribution in [0.3, 0.4) is 0 Å². The molecule has 2 aromatic rings. The Morgan fingerprint density at radius 2 is 1.96 bits per heavy atom. The minimum absolute atomic E-state index is 0.138. The molecule has 0 unspecified atom stereocenters. The Balaban J connectivity index is 1.78. The van der Waals surface area contributed by atoms with E-state index in [0.29, 0.717) is 11.6 Å². The van der Waals surface area contributed by atoms with E-state index in [4.69, 9.17) is 10.1 Å². The van der Waals surface area contributed by atoms with Crippen molar-refractivity contribution in [2.45, 2.75) is 84.0 Å². The molecule has 0 spiro atoms. The molecule has 0 saturated heterocycles. The Labute approximate surface area is 148 Å². The Hall–Kier alpha value is -1.23. The van der Waals surface area contributed by atoms with Gasteiger partial charge in [-0.15, -0.1) is 0 Å². The zero-order valence-electron chi connectivity index (χ0n) is 15.3. The summed E-state index contributed by atoms with van der Waals surface area (Å²) in [7, 11) is 0. The zero-order valence-corrected chi connectivity index (χ0v) is 16.2. The van der Waals surface area contributed by atoms with Gasteiger partial charge < -0.3 is 0 Å². The quantitative estimate of drug-likeness (QED) is 0.684. The first-order valence-corrected chi connectivity index (χ1v) is 10.1. The van der Waals surface area contributed by atoms with Crippen LogP contribution >= 0.6 is 11.3 Å². The van der Waals surface area contributed by atoms with Gasteiger partial charge >= 0.3 is 0 Å². The molecular weight excluding hydrogens is 318 g/mol. The van der Waals surface area contributed by atoms with E-state index in [2.05, 4.69) is 27.7 Å². The van der Waals surface area contributed by atoms with Gasteiger partial charge in [0.25, 0.3) is 0 Å². The van der Waals surface area contributed by atoms with Crippen molar-refractivity contribution in [3.05, 3.63) is 16.4 Å². The highest BCUT2D eigenvalue weighted by atomic mass is 32.1. The van der Waals surface area contributed by atoms with Crippen molar-refractivity contribution in [1.82, 2.24) is 14.6 Å². The number of imidazole rings is 1. The maximum absolute atomic E-state index is 11.6. The number of rotatable bonds is 5. The summed E-state index contributed by atoms with van der Waals surface area (Å²) >= 11 is 1.67. The second kappa shape index (κ2) is 6.95. The fraction of sp³-hybridized carbons (Fsp3) is 0.737. The molecule has 1 fully saturated rings. The number of aldehydes is 1. The van der Waals surface area contributed by atoms with Crippen molar-refractivity contribution in [3.8, 4) is 0 Å². The number of aromatic nitrogens is 3. The van der Waals surface area contributed by atoms with Gasteiger partial charge in [0.15, 0.2) is 6.29 Å². The number of unbranched alkanes of at least 4 members (excludes halogenated alkanes) is 1. The van der Waals surface area contributed by atoms with Gasteiger partial charge in [0.05, 0.1) is 5.69 Å². The van der Waals surface area contributed by atoms with Gasteiger partial charge in [-0.1, -0.05) is 58.3 Å². The van der Waals surface area contributed by atoms with Crippen molar-refractivity contribution >= 4 is 22.6 Å². The first-order chi connectivity index (χ1) is 11.4. The maximum atomic E-state index is 11.6. The van der Waals surface area contributed by atoms with Gasteiger partial charge in [0.2, 0.25) is 4.96 Å². The molecule has 2 aromatic heterocycles. The molecule has 0 aromatic carbocycles. The van der Waals surface area contributed by atoms with E-state index in [9.17, 15) is 4.79 Å². The fourth-order valence-electron chi connectivity index (χ4n) is 3.79. The van der Waals surface area contributed by atoms with E-state index in [1.54, 1.807) is 15.9 Å². The Morgan fingerprint density at radius 3 is 2.54 bits per heavy atom. The zero-order chi connectivity index (χ0) is 17.3. The van der Waals surface area contributed by atoms with Crippen molar-refractivity contribution in [2.24, 2.45) is 5.92 Å². The summed E-state index contributed by atoms with van der Waals surface area (Å²) in [5, 5.41) is 5.93. The Morgan fingerprint density at radius 1 is 1.25 bits per heavy atom. The first-order valence-electron chi connectivity index (χ1n) is 9.29. The molecule has 5 heteroatoms. The highest BCUT2D eigenvalue weighted by Gasteiger charge is 2.28. The Bertz CT molecular complexity index is 702. The lowest BCUT2D eigenvalue weighted by atomic mass is 9.80. The standard InChI is InChI=1S/C19H29N3OS/c1-5-6-7-13-8-10-14(11-9-13)17-21-22-15(12-23)16(19(2,3)4)20-18(22)24-17/h12-14H,5-11H2,1-4H3. The minimum atomic E-state index is -0.138. The third-order valence-corrected chi connectivity index (χ3v) is 6.31. The highest BCUT2D eigenvalue weighted by Crippen LogP contribution is 2.39. The van der Waals surface area contributed by atoms with Crippen molar-refractivity contribution in [2.75, 3.05) is 0 Å². The number of hydrogen-bond donors (Lipinski definition) is 0. The summed E-state index contributed by atoms with van der Waals surface area (Å²) in [6.45, 7) is 8.54. The molecule has 1 saturated carbocycles. The third kappa shape index (κ3) is 3.41. The topological polar surface area (TPSA) is 47.3 Å². The van der Waals surface area contributed by atoms with Gasteiger partial charge in [-0.05, 0) is 31.6 Å². The fourth-order valence-corrected chi connectivity index (χ4v) is 4.87. The minimum Gasteiger partial charge on any atom is -0.296 e. The smallest absolute Gasteiger partial charge is 0.213 e. The van der Waals surface area contributed by atoms with Crippen LogP contribution in [0.4, 0.5) is 0 Å². The normalized spacial score (nSPS) is 22.2. The molecule has 2 heterocycles. The molecule has 1 aliphatic rings. The van der Waals surface area contributed by atoms with Gasteiger partial charge in [0, 0.05) is 11.3 Å². The van der Waals surface area contributed by atoms with Crippen LogP contribution in [0.15, 0.2) is 0 Å². The van der Waals surface area contributed by atoms with Crippen LogP contribution in [0, 0.1) is 5.92 Å². The molecule has 0 atom stereocenters. The molecule has 1 aliphatic carbocycles. The molecule has 3 rings (SSSR count). The summed E-state index contributed by atoms with van der Waals surface area (Å²) in [6, 6.07) is 0. The summed E-state index contributed by atoms with van der Waals surface area (Å²) in [4.78, 5) is 17.2. The predicted molar refractivity (Wildman–Crippen MR) is 99.2 cm³/mol. The third-order valence-electron chi connectivity index (χ3n) is 5.24. The molecule has 0 amide bonds.